The minimum atomic E-state index is 0. The minimum absolute atomic E-state index is 0. The van der Waals surface area contributed by atoms with Gasteiger partial charge in [0.15, 0.2) is 0 Å². The van der Waals surface area contributed by atoms with Crippen molar-refractivity contribution in [2.75, 3.05) is 34.4 Å². The van der Waals surface area contributed by atoms with E-state index in [-0.39, 0.29) is 38.4 Å². The molecule has 0 spiro atoms. The SMILES string of the molecule is C.Cl.Cl.Nc1ccc(-c2nc3ccc(N)cc3[nH]2)cc1.Nc1ccc(N)c(N)c1.Nc1ccccc1.O=C=O. The van der Waals surface area contributed by atoms with Gasteiger partial charge in [0, 0.05) is 28.3 Å². The van der Waals surface area contributed by atoms with E-state index in [9.17, 15) is 0 Å². The molecular formula is C27H34Cl2N8O2. The molecular weight excluding hydrogens is 539 g/mol. The molecule has 0 aliphatic heterocycles. The molecule has 5 rings (SSSR count). The van der Waals surface area contributed by atoms with E-state index in [1.165, 1.54) is 0 Å². The molecule has 0 saturated heterocycles. The highest BCUT2D eigenvalue weighted by atomic mass is 35.5. The van der Waals surface area contributed by atoms with Gasteiger partial charge in [-0.05, 0) is 72.8 Å². The van der Waals surface area contributed by atoms with Gasteiger partial charge in [-0.1, -0.05) is 25.6 Å². The first-order valence-electron chi connectivity index (χ1n) is 10.5. The number of fused-ring (bicyclic) bond motifs is 1. The molecule has 39 heavy (non-hydrogen) atoms. The van der Waals surface area contributed by atoms with Crippen LogP contribution in [0.4, 0.5) is 34.1 Å². The lowest BCUT2D eigenvalue weighted by Gasteiger charge is -1.98. The van der Waals surface area contributed by atoms with Gasteiger partial charge in [-0.3, -0.25) is 0 Å². The van der Waals surface area contributed by atoms with E-state index in [4.69, 9.17) is 44.0 Å². The molecule has 0 saturated carbocycles. The van der Waals surface area contributed by atoms with Crippen LogP contribution in [0, 0.1) is 0 Å². The number of nitrogens with one attached hydrogen (secondary N) is 1. The summed E-state index contributed by atoms with van der Waals surface area (Å²) in [6.45, 7) is 0. The van der Waals surface area contributed by atoms with Crippen molar-refractivity contribution < 1.29 is 9.59 Å². The number of nitrogen functional groups attached to an aromatic ring is 6. The van der Waals surface area contributed by atoms with Crippen LogP contribution in [0.25, 0.3) is 22.4 Å². The van der Waals surface area contributed by atoms with Gasteiger partial charge in [-0.25, -0.2) is 4.98 Å². The fourth-order valence-corrected chi connectivity index (χ4v) is 2.85. The van der Waals surface area contributed by atoms with Gasteiger partial charge in [0.25, 0.3) is 0 Å². The molecule has 5 aromatic rings. The van der Waals surface area contributed by atoms with E-state index in [1.807, 2.05) is 72.8 Å². The second kappa shape index (κ2) is 18.4. The molecule has 0 aliphatic carbocycles. The third-order valence-corrected chi connectivity index (χ3v) is 4.60. The van der Waals surface area contributed by atoms with Gasteiger partial charge in [0.1, 0.15) is 5.82 Å². The van der Waals surface area contributed by atoms with Gasteiger partial charge >= 0.3 is 6.15 Å². The zero-order valence-corrected chi connectivity index (χ0v) is 21.8. The average Bonchev–Trinajstić information content (AvgIpc) is 3.27. The zero-order chi connectivity index (χ0) is 26.5. The number of aromatic amines is 1. The number of nitrogens with two attached hydrogens (primary N) is 6. The number of imidazole rings is 1. The normalized spacial score (nSPS) is 8.62. The van der Waals surface area contributed by atoms with Crippen molar-refractivity contribution in [3.05, 3.63) is 91.0 Å². The third-order valence-electron chi connectivity index (χ3n) is 4.60. The Labute approximate surface area is 239 Å². The molecule has 12 heteroatoms. The van der Waals surface area contributed by atoms with Crippen LogP contribution in [-0.4, -0.2) is 16.1 Å². The molecule has 10 nitrogen and oxygen atoms in total. The van der Waals surface area contributed by atoms with Gasteiger partial charge in [0.05, 0.1) is 22.4 Å². The van der Waals surface area contributed by atoms with Crippen molar-refractivity contribution in [1.82, 2.24) is 9.97 Å². The molecule has 13 N–H and O–H groups in total. The predicted molar refractivity (Wildman–Crippen MR) is 167 cm³/mol. The number of halogens is 2. The number of anilines is 6. The van der Waals surface area contributed by atoms with E-state index >= 15 is 0 Å². The number of rotatable bonds is 1. The van der Waals surface area contributed by atoms with Crippen molar-refractivity contribution in [1.29, 1.82) is 0 Å². The predicted octanol–water partition coefficient (Wildman–Crippen LogP) is 4.99. The third kappa shape index (κ3) is 12.3. The fourth-order valence-electron chi connectivity index (χ4n) is 2.85. The van der Waals surface area contributed by atoms with Gasteiger partial charge < -0.3 is 39.4 Å². The molecule has 0 radical (unpaired) electrons. The maximum Gasteiger partial charge on any atom is 0.373 e. The lowest BCUT2D eigenvalue weighted by molar-refractivity contribution is -0.191. The fraction of sp³-hybridized carbons (Fsp3) is 0.0370. The van der Waals surface area contributed by atoms with E-state index < -0.39 is 0 Å². The standard InChI is InChI=1S/C13H12N4.C6H9N3.C6H7N.CO2.CH4.2ClH/c14-9-3-1-8(2-4-9)13-16-11-6-5-10(15)7-12(11)17-13;7-4-1-2-5(8)6(9)3-4;7-6-4-2-1-3-5-6;2-1-3;;;/h1-7H,14-15H2,(H,16,17);1-3H,7-9H2;1-5H,7H2;;1H4;2*1H. The Kier molecular flexibility index (Phi) is 17.1. The molecule has 1 aromatic heterocycles. The quantitative estimate of drug-likeness (QED) is 0.134. The molecule has 0 atom stereocenters. The van der Waals surface area contributed by atoms with Crippen molar-refractivity contribution in [2.24, 2.45) is 0 Å². The number of H-pyrrole nitrogens is 1. The van der Waals surface area contributed by atoms with Crippen molar-refractivity contribution in [2.45, 2.75) is 7.43 Å². The Morgan fingerprint density at radius 3 is 1.56 bits per heavy atom. The minimum Gasteiger partial charge on any atom is -0.399 e. The highest BCUT2D eigenvalue weighted by molar-refractivity contribution is 5.85. The smallest absolute Gasteiger partial charge is 0.373 e. The number of nitrogens with zero attached hydrogens (tertiary/aromatic N) is 1. The number of aromatic nitrogens is 2. The van der Waals surface area contributed by atoms with Crippen LogP contribution >= 0.6 is 24.8 Å². The molecule has 0 bridgehead atoms. The van der Waals surface area contributed by atoms with Crippen LogP contribution in [0.3, 0.4) is 0 Å². The molecule has 0 unspecified atom stereocenters. The molecule has 1 heterocycles. The first kappa shape index (κ1) is 36.3. The summed E-state index contributed by atoms with van der Waals surface area (Å²) in [5, 5.41) is 0. The van der Waals surface area contributed by atoms with Crippen LogP contribution in [-0.2, 0) is 9.59 Å². The molecule has 0 fully saturated rings. The Hall–Kier alpha value is -4.89. The lowest BCUT2D eigenvalue weighted by atomic mass is 10.2. The van der Waals surface area contributed by atoms with E-state index in [1.54, 1.807) is 18.2 Å². The van der Waals surface area contributed by atoms with Crippen LogP contribution in [0.5, 0.6) is 0 Å². The Bertz CT molecular complexity index is 1420. The Morgan fingerprint density at radius 2 is 1.08 bits per heavy atom. The van der Waals surface area contributed by atoms with Crippen LogP contribution in [0.2, 0.25) is 0 Å². The largest absolute Gasteiger partial charge is 0.399 e. The second-order valence-electron chi connectivity index (χ2n) is 7.37. The summed E-state index contributed by atoms with van der Waals surface area (Å²) in [7, 11) is 0. The van der Waals surface area contributed by atoms with Crippen LogP contribution < -0.4 is 34.4 Å². The summed E-state index contributed by atoms with van der Waals surface area (Å²) in [4.78, 5) is 24.0. The summed E-state index contributed by atoms with van der Waals surface area (Å²) >= 11 is 0. The maximum atomic E-state index is 8.12. The van der Waals surface area contributed by atoms with Crippen molar-refractivity contribution in [3.8, 4) is 11.4 Å². The van der Waals surface area contributed by atoms with Gasteiger partial charge in [-0.2, -0.15) is 9.59 Å². The van der Waals surface area contributed by atoms with Gasteiger partial charge in [0.2, 0.25) is 0 Å². The van der Waals surface area contributed by atoms with Crippen LogP contribution in [0.1, 0.15) is 7.43 Å². The number of benzene rings is 4. The summed E-state index contributed by atoms with van der Waals surface area (Å²) < 4.78 is 0. The first-order valence-corrected chi connectivity index (χ1v) is 10.5. The van der Waals surface area contributed by atoms with Crippen molar-refractivity contribution in [3.63, 3.8) is 0 Å². The summed E-state index contributed by atoms with van der Waals surface area (Å²) in [6, 6.07) is 27.7. The molecule has 0 amide bonds. The highest BCUT2D eigenvalue weighted by Gasteiger charge is 2.05. The molecule has 4 aromatic carbocycles. The Balaban J connectivity index is 0. The van der Waals surface area contributed by atoms with Crippen molar-refractivity contribution >= 4 is 76.1 Å². The average molecular weight is 574 g/mol. The first-order chi connectivity index (χ1) is 17.2. The molecule has 208 valence electrons. The number of hydrogen-bond donors (Lipinski definition) is 7. The summed E-state index contributed by atoms with van der Waals surface area (Å²) in [5.41, 5.74) is 39.9. The summed E-state index contributed by atoms with van der Waals surface area (Å²) in [5.74, 6) is 0.825. The lowest BCUT2D eigenvalue weighted by Crippen LogP contribution is -1.95. The topological polar surface area (TPSA) is 219 Å². The monoisotopic (exact) mass is 572 g/mol. The second-order valence-corrected chi connectivity index (χ2v) is 7.37. The van der Waals surface area contributed by atoms with Gasteiger partial charge in [-0.15, -0.1) is 24.8 Å². The summed E-state index contributed by atoms with van der Waals surface area (Å²) in [6.07, 6.45) is 0.250. The van der Waals surface area contributed by atoms with E-state index in [0.29, 0.717) is 17.1 Å². The maximum absolute atomic E-state index is 8.12. The molecule has 0 aliphatic rings. The number of hydrogen-bond acceptors (Lipinski definition) is 9. The van der Waals surface area contributed by atoms with Crippen LogP contribution in [0.15, 0.2) is 91.0 Å². The van der Waals surface area contributed by atoms with E-state index in [0.717, 1.165) is 39.5 Å². The highest BCUT2D eigenvalue weighted by Crippen LogP contribution is 2.22. The zero-order valence-electron chi connectivity index (χ0n) is 20.2. The number of carbonyl (C=O) groups excluding carboxylic acids is 2. The number of para-hydroxylation sites is 1. The van der Waals surface area contributed by atoms with E-state index in [2.05, 4.69) is 9.97 Å². The Morgan fingerprint density at radius 1 is 0.590 bits per heavy atom.